The quantitative estimate of drug-likeness (QED) is 0.170. The van der Waals surface area contributed by atoms with Crippen molar-refractivity contribution in [2.75, 3.05) is 0 Å². The van der Waals surface area contributed by atoms with Crippen LogP contribution in [0, 0.1) is 11.3 Å². The predicted molar refractivity (Wildman–Crippen MR) is 232 cm³/mol. The van der Waals surface area contributed by atoms with Crippen LogP contribution in [0.4, 0.5) is 0 Å². The van der Waals surface area contributed by atoms with E-state index in [1.54, 1.807) is 12.1 Å². The fraction of sp³-hybridized carbons (Fsp3) is 0.0189. The highest BCUT2D eigenvalue weighted by Gasteiger charge is 2.46. The van der Waals surface area contributed by atoms with E-state index in [-0.39, 0.29) is 0 Å². The summed E-state index contributed by atoms with van der Waals surface area (Å²) in [5, 5.41) is 11.8. The predicted octanol–water partition coefficient (Wildman–Crippen LogP) is 12.2. The fourth-order valence-electron chi connectivity index (χ4n) is 9.00. The molecule has 2 heterocycles. The Morgan fingerprint density at radius 1 is 0.414 bits per heavy atom. The van der Waals surface area contributed by atoms with E-state index >= 15 is 0 Å². The standard InChI is InChI=1S/C53H33N5/c54-34-35-27-29-37(30-28-35)50-55-51(39-18-14-17-38(31-39)36-15-4-1-5-16-36)57-52(56-50)58-48-26-13-11-24-43(48)45-32-47-44(33-49(45)58)42-23-10-12-25-46(42)53(47,40-19-6-2-7-20-40)41-21-8-3-9-22-41/h1-33H. The van der Waals surface area contributed by atoms with E-state index in [0.717, 1.165) is 44.1 Å². The topological polar surface area (TPSA) is 67.4 Å². The maximum absolute atomic E-state index is 9.58. The van der Waals surface area contributed by atoms with Gasteiger partial charge in [0.15, 0.2) is 11.6 Å². The first-order valence-corrected chi connectivity index (χ1v) is 19.4. The van der Waals surface area contributed by atoms with Crippen molar-refractivity contribution in [1.29, 1.82) is 5.26 Å². The number of benzene rings is 8. The number of nitrogens with zero attached hydrogens (tertiary/aromatic N) is 5. The summed E-state index contributed by atoms with van der Waals surface area (Å²) in [6.45, 7) is 0. The Labute approximate surface area is 335 Å². The van der Waals surface area contributed by atoms with Crippen molar-refractivity contribution in [2.24, 2.45) is 0 Å². The molecule has 0 unspecified atom stereocenters. The third-order valence-electron chi connectivity index (χ3n) is 11.6. The van der Waals surface area contributed by atoms with Gasteiger partial charge in [0.1, 0.15) is 0 Å². The summed E-state index contributed by atoms with van der Waals surface area (Å²) in [7, 11) is 0. The second-order valence-corrected chi connectivity index (χ2v) is 14.7. The molecule has 10 aromatic rings. The highest BCUT2D eigenvalue weighted by molar-refractivity contribution is 6.11. The van der Waals surface area contributed by atoms with Gasteiger partial charge in [0, 0.05) is 21.9 Å². The van der Waals surface area contributed by atoms with Crippen molar-refractivity contribution in [3.05, 3.63) is 228 Å². The minimum Gasteiger partial charge on any atom is -0.278 e. The number of hydrogen-bond acceptors (Lipinski definition) is 4. The molecule has 1 aliphatic carbocycles. The number of nitriles is 1. The minimum atomic E-state index is -0.529. The smallest absolute Gasteiger partial charge is 0.238 e. The molecular formula is C53H33N5. The average Bonchev–Trinajstić information content (AvgIpc) is 3.79. The van der Waals surface area contributed by atoms with Gasteiger partial charge in [-0.2, -0.15) is 15.2 Å². The van der Waals surface area contributed by atoms with Crippen molar-refractivity contribution in [2.45, 2.75) is 5.41 Å². The van der Waals surface area contributed by atoms with Crippen LogP contribution in [-0.4, -0.2) is 19.5 Å². The van der Waals surface area contributed by atoms with Gasteiger partial charge in [-0.1, -0.05) is 152 Å². The normalized spacial score (nSPS) is 12.6. The maximum atomic E-state index is 9.58. The lowest BCUT2D eigenvalue weighted by Crippen LogP contribution is -2.28. The lowest BCUT2D eigenvalue weighted by molar-refractivity contribution is 0.769. The zero-order chi connectivity index (χ0) is 38.6. The lowest BCUT2D eigenvalue weighted by Gasteiger charge is -2.33. The van der Waals surface area contributed by atoms with E-state index in [1.807, 2.05) is 30.3 Å². The lowest BCUT2D eigenvalue weighted by atomic mass is 9.67. The third kappa shape index (κ3) is 5.13. The van der Waals surface area contributed by atoms with Crippen LogP contribution in [0.15, 0.2) is 200 Å². The molecule has 270 valence electrons. The summed E-state index contributed by atoms with van der Waals surface area (Å²) < 4.78 is 2.19. The largest absolute Gasteiger partial charge is 0.278 e. The Morgan fingerprint density at radius 3 is 1.74 bits per heavy atom. The molecule has 2 aromatic heterocycles. The van der Waals surface area contributed by atoms with Crippen molar-refractivity contribution in [1.82, 2.24) is 19.5 Å². The van der Waals surface area contributed by atoms with Crippen molar-refractivity contribution >= 4 is 21.8 Å². The van der Waals surface area contributed by atoms with Crippen LogP contribution in [-0.2, 0) is 5.41 Å². The Bertz CT molecular complexity index is 3180. The van der Waals surface area contributed by atoms with Crippen LogP contribution in [0.5, 0.6) is 0 Å². The van der Waals surface area contributed by atoms with Gasteiger partial charge in [-0.05, 0) is 93.0 Å². The summed E-state index contributed by atoms with van der Waals surface area (Å²) in [5.41, 5.74) is 13.3. The Hall–Kier alpha value is -7.94. The van der Waals surface area contributed by atoms with Gasteiger partial charge in [-0.3, -0.25) is 4.57 Å². The van der Waals surface area contributed by atoms with Crippen molar-refractivity contribution < 1.29 is 0 Å². The van der Waals surface area contributed by atoms with E-state index in [1.165, 1.54) is 33.4 Å². The van der Waals surface area contributed by atoms with Gasteiger partial charge >= 0.3 is 0 Å². The summed E-state index contributed by atoms with van der Waals surface area (Å²) in [6, 6.07) is 72.3. The Morgan fingerprint density at radius 2 is 1.02 bits per heavy atom. The molecule has 0 atom stereocenters. The van der Waals surface area contributed by atoms with Gasteiger partial charge in [0.2, 0.25) is 5.95 Å². The van der Waals surface area contributed by atoms with E-state index in [2.05, 4.69) is 168 Å². The summed E-state index contributed by atoms with van der Waals surface area (Å²) >= 11 is 0. The van der Waals surface area contributed by atoms with Crippen LogP contribution in [0.2, 0.25) is 0 Å². The molecule has 0 N–H and O–H groups in total. The SMILES string of the molecule is N#Cc1ccc(-c2nc(-c3cccc(-c4ccccc4)c3)nc(-n3c4ccccc4c4cc5c(cc43)-c3ccccc3C5(c3ccccc3)c3ccccc3)n2)cc1. The number of rotatable bonds is 6. The second-order valence-electron chi connectivity index (χ2n) is 14.7. The van der Waals surface area contributed by atoms with Gasteiger partial charge in [-0.25, -0.2) is 4.98 Å². The zero-order valence-corrected chi connectivity index (χ0v) is 31.3. The molecule has 0 aliphatic heterocycles. The first-order valence-electron chi connectivity index (χ1n) is 19.4. The first kappa shape index (κ1) is 33.4. The highest BCUT2D eigenvalue weighted by atomic mass is 15.2. The van der Waals surface area contributed by atoms with E-state index < -0.39 is 5.41 Å². The molecular weight excluding hydrogens is 707 g/mol. The van der Waals surface area contributed by atoms with Crippen LogP contribution in [0.3, 0.4) is 0 Å². The summed E-state index contributed by atoms with van der Waals surface area (Å²) in [6.07, 6.45) is 0. The molecule has 0 fully saturated rings. The minimum absolute atomic E-state index is 0.518. The molecule has 0 radical (unpaired) electrons. The Balaban J connectivity index is 1.21. The molecule has 0 amide bonds. The van der Waals surface area contributed by atoms with E-state index in [4.69, 9.17) is 15.0 Å². The van der Waals surface area contributed by atoms with Crippen LogP contribution >= 0.6 is 0 Å². The monoisotopic (exact) mass is 739 g/mol. The molecule has 8 aromatic carbocycles. The molecule has 0 saturated heterocycles. The second kappa shape index (κ2) is 13.4. The Kier molecular flexibility index (Phi) is 7.70. The molecule has 5 nitrogen and oxygen atoms in total. The van der Waals surface area contributed by atoms with Crippen LogP contribution < -0.4 is 0 Å². The number of para-hydroxylation sites is 1. The summed E-state index contributed by atoms with van der Waals surface area (Å²) in [5.74, 6) is 1.61. The van der Waals surface area contributed by atoms with Crippen LogP contribution in [0.25, 0.3) is 72.8 Å². The van der Waals surface area contributed by atoms with Crippen molar-refractivity contribution in [3.63, 3.8) is 0 Å². The van der Waals surface area contributed by atoms with E-state index in [9.17, 15) is 5.26 Å². The zero-order valence-electron chi connectivity index (χ0n) is 31.3. The van der Waals surface area contributed by atoms with Gasteiger partial charge in [0.05, 0.1) is 28.1 Å². The maximum Gasteiger partial charge on any atom is 0.238 e. The molecule has 11 rings (SSSR count). The molecule has 0 saturated carbocycles. The number of aromatic nitrogens is 4. The molecule has 0 spiro atoms. The van der Waals surface area contributed by atoms with Crippen molar-refractivity contribution in [3.8, 4) is 57.0 Å². The van der Waals surface area contributed by atoms with Gasteiger partial charge in [-0.15, -0.1) is 0 Å². The van der Waals surface area contributed by atoms with Gasteiger partial charge < -0.3 is 0 Å². The van der Waals surface area contributed by atoms with Gasteiger partial charge in [0.25, 0.3) is 0 Å². The third-order valence-corrected chi connectivity index (χ3v) is 11.6. The molecule has 5 heteroatoms. The van der Waals surface area contributed by atoms with E-state index in [0.29, 0.717) is 23.2 Å². The van der Waals surface area contributed by atoms with Crippen LogP contribution in [0.1, 0.15) is 27.8 Å². The first-order chi connectivity index (χ1) is 28.7. The number of hydrogen-bond donors (Lipinski definition) is 0. The summed E-state index contributed by atoms with van der Waals surface area (Å²) in [4.78, 5) is 15.6. The molecule has 1 aliphatic rings. The number of fused-ring (bicyclic) bond motifs is 6. The fourth-order valence-corrected chi connectivity index (χ4v) is 9.00. The molecule has 0 bridgehead atoms. The molecule has 58 heavy (non-hydrogen) atoms. The average molecular weight is 740 g/mol. The highest BCUT2D eigenvalue weighted by Crippen LogP contribution is 2.57.